The molecule has 0 unspecified atom stereocenters. The van der Waals surface area contributed by atoms with Crippen molar-refractivity contribution in [2.24, 2.45) is 5.92 Å². The van der Waals surface area contributed by atoms with E-state index < -0.39 is 0 Å². The highest BCUT2D eigenvalue weighted by Crippen LogP contribution is 2.27. The summed E-state index contributed by atoms with van der Waals surface area (Å²) in [5, 5.41) is 10.3. The van der Waals surface area contributed by atoms with E-state index in [1.54, 1.807) is 0 Å². The minimum Gasteiger partial charge on any atom is -0.358 e. The van der Waals surface area contributed by atoms with Crippen molar-refractivity contribution < 1.29 is 4.79 Å². The zero-order chi connectivity index (χ0) is 16.6. The van der Waals surface area contributed by atoms with E-state index in [-0.39, 0.29) is 11.8 Å². The van der Waals surface area contributed by atoms with Crippen LogP contribution in [0.15, 0.2) is 12.1 Å². The lowest BCUT2D eigenvalue weighted by Crippen LogP contribution is -2.40. The summed E-state index contributed by atoms with van der Waals surface area (Å²) >= 11 is 0. The first-order valence-corrected chi connectivity index (χ1v) is 8.25. The number of hydrogen-bond acceptors (Lipinski definition) is 2. The number of aromatic amines is 1. The number of fused-ring (bicyclic) bond motifs is 1. The summed E-state index contributed by atoms with van der Waals surface area (Å²) in [5.41, 5.74) is 5.71. The van der Waals surface area contributed by atoms with Gasteiger partial charge in [-0.1, -0.05) is 11.6 Å². The number of nitriles is 1. The Kier molecular flexibility index (Phi) is 4.12. The van der Waals surface area contributed by atoms with Gasteiger partial charge in [0.15, 0.2) is 0 Å². The molecular weight excluding hydrogens is 286 g/mol. The van der Waals surface area contributed by atoms with Gasteiger partial charge in [0, 0.05) is 29.7 Å². The highest BCUT2D eigenvalue weighted by molar-refractivity contribution is 5.92. The van der Waals surface area contributed by atoms with E-state index in [1.807, 2.05) is 11.8 Å². The van der Waals surface area contributed by atoms with Crippen LogP contribution in [0.5, 0.6) is 0 Å². The van der Waals surface area contributed by atoms with Crippen LogP contribution in [0.25, 0.3) is 10.9 Å². The number of H-pyrrole nitrogens is 1. The Morgan fingerprint density at radius 1 is 1.39 bits per heavy atom. The lowest BCUT2D eigenvalue weighted by molar-refractivity contribution is -0.131. The van der Waals surface area contributed by atoms with Crippen LogP contribution in [0, 0.1) is 38.0 Å². The standard InChI is InChI=1S/C19H23N3O/c1-12-7-13(2)19-17(8-12)16(14(3)21-19)9-18(23)22-6-4-5-15(10-20)11-22/h7-8,15,21H,4-6,9,11H2,1-3H3/t15-/m0/s1. The maximum atomic E-state index is 12.7. The molecule has 1 aliphatic rings. The zero-order valence-corrected chi connectivity index (χ0v) is 14.1. The van der Waals surface area contributed by atoms with Gasteiger partial charge in [0.2, 0.25) is 5.91 Å². The molecule has 2 heterocycles. The SMILES string of the molecule is Cc1cc(C)c2[nH]c(C)c(CC(=O)N3CCC[C@@H](C#N)C3)c2c1. The van der Waals surface area contributed by atoms with Crippen molar-refractivity contribution in [2.75, 3.05) is 13.1 Å². The maximum Gasteiger partial charge on any atom is 0.227 e. The molecule has 1 atom stereocenters. The third-order valence-electron chi connectivity index (χ3n) is 4.85. The van der Waals surface area contributed by atoms with Crippen molar-refractivity contribution in [2.45, 2.75) is 40.0 Å². The number of nitrogens with zero attached hydrogens (tertiary/aromatic N) is 2. The van der Waals surface area contributed by atoms with E-state index >= 15 is 0 Å². The van der Waals surface area contributed by atoms with Gasteiger partial charge >= 0.3 is 0 Å². The van der Waals surface area contributed by atoms with Gasteiger partial charge in [-0.2, -0.15) is 5.26 Å². The summed E-state index contributed by atoms with van der Waals surface area (Å²) in [6, 6.07) is 6.62. The van der Waals surface area contributed by atoms with Gasteiger partial charge in [-0.25, -0.2) is 0 Å². The third-order valence-corrected chi connectivity index (χ3v) is 4.85. The average Bonchev–Trinajstić information content (AvgIpc) is 2.84. The van der Waals surface area contributed by atoms with E-state index in [0.717, 1.165) is 41.5 Å². The fraction of sp³-hybridized carbons (Fsp3) is 0.474. The molecule has 1 aliphatic heterocycles. The molecule has 4 heteroatoms. The second-order valence-corrected chi connectivity index (χ2v) is 6.72. The van der Waals surface area contributed by atoms with Gasteiger partial charge in [0.1, 0.15) is 0 Å². The first kappa shape index (κ1) is 15.6. The first-order valence-electron chi connectivity index (χ1n) is 8.25. The Labute approximate surface area is 137 Å². The monoisotopic (exact) mass is 309 g/mol. The molecule has 2 aromatic rings. The minimum atomic E-state index is -0.0127. The molecular formula is C19H23N3O. The average molecular weight is 309 g/mol. The molecule has 0 radical (unpaired) electrons. The summed E-state index contributed by atoms with van der Waals surface area (Å²) in [6.07, 6.45) is 2.24. The van der Waals surface area contributed by atoms with E-state index in [2.05, 4.69) is 37.0 Å². The Morgan fingerprint density at radius 2 is 2.17 bits per heavy atom. The van der Waals surface area contributed by atoms with Crippen molar-refractivity contribution >= 4 is 16.8 Å². The molecule has 120 valence electrons. The summed E-state index contributed by atoms with van der Waals surface area (Å²) in [6.45, 7) is 7.57. The van der Waals surface area contributed by atoms with Crippen LogP contribution in [0.3, 0.4) is 0 Å². The van der Waals surface area contributed by atoms with E-state index in [0.29, 0.717) is 13.0 Å². The number of carbonyl (C=O) groups excluding carboxylic acids is 1. The number of piperidine rings is 1. The van der Waals surface area contributed by atoms with Gasteiger partial charge < -0.3 is 9.88 Å². The Balaban J connectivity index is 1.88. The normalized spacial score (nSPS) is 18.2. The van der Waals surface area contributed by atoms with Crippen LogP contribution in [0.1, 0.15) is 35.2 Å². The smallest absolute Gasteiger partial charge is 0.227 e. The van der Waals surface area contributed by atoms with Crippen LogP contribution in [-0.2, 0) is 11.2 Å². The van der Waals surface area contributed by atoms with Gasteiger partial charge in [0.05, 0.1) is 18.4 Å². The van der Waals surface area contributed by atoms with Gasteiger partial charge in [-0.15, -0.1) is 0 Å². The Hall–Kier alpha value is -2.28. The van der Waals surface area contributed by atoms with E-state index in [1.165, 1.54) is 11.1 Å². The van der Waals surface area contributed by atoms with Crippen molar-refractivity contribution in [3.8, 4) is 6.07 Å². The van der Waals surface area contributed by atoms with Crippen molar-refractivity contribution in [1.82, 2.24) is 9.88 Å². The minimum absolute atomic E-state index is 0.0127. The quantitative estimate of drug-likeness (QED) is 0.924. The second-order valence-electron chi connectivity index (χ2n) is 6.72. The zero-order valence-electron chi connectivity index (χ0n) is 14.1. The predicted molar refractivity (Wildman–Crippen MR) is 91.1 cm³/mol. The molecule has 1 saturated heterocycles. The summed E-state index contributed by atoms with van der Waals surface area (Å²) in [4.78, 5) is 18.0. The van der Waals surface area contributed by atoms with Crippen molar-refractivity contribution in [3.05, 3.63) is 34.5 Å². The summed E-state index contributed by atoms with van der Waals surface area (Å²) < 4.78 is 0. The van der Waals surface area contributed by atoms with Gasteiger partial charge in [-0.3, -0.25) is 4.79 Å². The highest BCUT2D eigenvalue weighted by atomic mass is 16.2. The molecule has 0 saturated carbocycles. The maximum absolute atomic E-state index is 12.7. The number of nitrogens with one attached hydrogen (secondary N) is 1. The van der Waals surface area contributed by atoms with Gasteiger partial charge in [0.25, 0.3) is 0 Å². The van der Waals surface area contributed by atoms with Crippen LogP contribution in [0.4, 0.5) is 0 Å². The number of aromatic nitrogens is 1. The third kappa shape index (κ3) is 2.96. The Bertz CT molecular complexity index is 797. The first-order chi connectivity index (χ1) is 11.0. The molecule has 1 aromatic carbocycles. The number of hydrogen-bond donors (Lipinski definition) is 1. The fourth-order valence-electron chi connectivity index (χ4n) is 3.64. The molecule has 23 heavy (non-hydrogen) atoms. The second kappa shape index (κ2) is 6.08. The van der Waals surface area contributed by atoms with Crippen LogP contribution in [0.2, 0.25) is 0 Å². The van der Waals surface area contributed by atoms with Crippen LogP contribution >= 0.6 is 0 Å². The fourth-order valence-corrected chi connectivity index (χ4v) is 3.64. The molecule has 4 nitrogen and oxygen atoms in total. The van der Waals surface area contributed by atoms with Crippen molar-refractivity contribution in [3.63, 3.8) is 0 Å². The number of amides is 1. The molecule has 1 N–H and O–H groups in total. The number of carbonyl (C=O) groups is 1. The molecule has 3 rings (SSSR count). The number of benzene rings is 1. The predicted octanol–water partition coefficient (Wildman–Crippen LogP) is 3.40. The summed E-state index contributed by atoms with van der Waals surface area (Å²) in [7, 11) is 0. The van der Waals surface area contributed by atoms with Crippen LogP contribution in [-0.4, -0.2) is 28.9 Å². The number of rotatable bonds is 2. The summed E-state index contributed by atoms with van der Waals surface area (Å²) in [5.74, 6) is 0.120. The largest absolute Gasteiger partial charge is 0.358 e. The van der Waals surface area contributed by atoms with E-state index in [4.69, 9.17) is 5.26 Å². The van der Waals surface area contributed by atoms with Gasteiger partial charge in [-0.05, 0) is 50.8 Å². The van der Waals surface area contributed by atoms with Crippen molar-refractivity contribution in [1.29, 1.82) is 5.26 Å². The lowest BCUT2D eigenvalue weighted by atomic mass is 9.98. The number of likely N-dealkylation sites (tertiary alicyclic amines) is 1. The van der Waals surface area contributed by atoms with Crippen LogP contribution < -0.4 is 0 Å². The molecule has 1 amide bonds. The molecule has 1 aromatic heterocycles. The van der Waals surface area contributed by atoms with E-state index in [9.17, 15) is 4.79 Å². The molecule has 0 aliphatic carbocycles. The Morgan fingerprint density at radius 3 is 2.91 bits per heavy atom. The molecule has 0 bridgehead atoms. The molecule has 0 spiro atoms. The topological polar surface area (TPSA) is 59.9 Å². The highest BCUT2D eigenvalue weighted by Gasteiger charge is 2.24. The molecule has 1 fully saturated rings. The number of aryl methyl sites for hydroxylation is 3. The lowest BCUT2D eigenvalue weighted by Gasteiger charge is -2.29.